The molecule has 0 saturated heterocycles. The van der Waals surface area contributed by atoms with Crippen LogP contribution < -0.4 is 15.4 Å². The number of halogens is 1. The van der Waals surface area contributed by atoms with Crippen molar-refractivity contribution in [3.63, 3.8) is 0 Å². The van der Waals surface area contributed by atoms with Crippen LogP contribution in [0, 0.1) is 5.82 Å². The van der Waals surface area contributed by atoms with Gasteiger partial charge in [0.25, 0.3) is 0 Å². The smallest absolute Gasteiger partial charge is 0.248 e. The number of carbonyl (C=O) groups is 1. The first-order chi connectivity index (χ1) is 14.0. The minimum atomic E-state index is -0.605. The largest absolute Gasteiger partial charge is 0.434 e. The number of benzene rings is 1. The van der Waals surface area contributed by atoms with Gasteiger partial charge in [0.1, 0.15) is 5.52 Å². The van der Waals surface area contributed by atoms with E-state index in [2.05, 4.69) is 32.4 Å². The number of amides is 1. The molecule has 0 aliphatic heterocycles. The Morgan fingerprint density at radius 2 is 2.17 bits per heavy atom. The fraction of sp³-hybridized carbons (Fsp3) is 0.0526. The lowest BCUT2D eigenvalue weighted by molar-refractivity contribution is -0.111. The number of ether oxygens (including phenoxy) is 1. The van der Waals surface area contributed by atoms with Crippen molar-refractivity contribution in [2.24, 2.45) is 7.05 Å². The second-order valence-electron chi connectivity index (χ2n) is 6.05. The Labute approximate surface area is 164 Å². The van der Waals surface area contributed by atoms with Gasteiger partial charge in [-0.1, -0.05) is 6.58 Å². The number of nitrogens with zero attached hydrogens (tertiary/aromatic N) is 5. The second kappa shape index (κ2) is 7.43. The summed E-state index contributed by atoms with van der Waals surface area (Å²) < 4.78 is 23.2. The molecule has 29 heavy (non-hydrogen) atoms. The Balaban J connectivity index is 1.68. The summed E-state index contributed by atoms with van der Waals surface area (Å²) in [6.07, 6.45) is 6.22. The highest BCUT2D eigenvalue weighted by Crippen LogP contribution is 2.30. The van der Waals surface area contributed by atoms with Gasteiger partial charge < -0.3 is 15.4 Å². The van der Waals surface area contributed by atoms with Gasteiger partial charge in [-0.25, -0.2) is 8.91 Å². The molecule has 0 bridgehead atoms. The fourth-order valence-electron chi connectivity index (χ4n) is 2.61. The maximum absolute atomic E-state index is 14.3. The third-order valence-corrected chi connectivity index (χ3v) is 3.91. The molecule has 0 atom stereocenters. The molecule has 3 aromatic heterocycles. The molecule has 3 heterocycles. The topological polar surface area (TPSA) is 98.4 Å². The highest BCUT2D eigenvalue weighted by molar-refractivity contribution is 5.98. The molecule has 4 rings (SSSR count). The van der Waals surface area contributed by atoms with E-state index in [1.165, 1.54) is 18.2 Å². The number of fused-ring (bicyclic) bond motifs is 1. The molecular weight excluding hydrogens is 377 g/mol. The van der Waals surface area contributed by atoms with Crippen LogP contribution in [0.3, 0.4) is 0 Å². The summed E-state index contributed by atoms with van der Waals surface area (Å²) in [6, 6.07) is 7.49. The zero-order valence-corrected chi connectivity index (χ0v) is 15.3. The molecule has 2 N–H and O–H groups in total. The van der Waals surface area contributed by atoms with Crippen molar-refractivity contribution in [3.05, 3.63) is 67.4 Å². The molecule has 0 aliphatic carbocycles. The summed E-state index contributed by atoms with van der Waals surface area (Å²) in [4.78, 5) is 15.8. The van der Waals surface area contributed by atoms with E-state index in [9.17, 15) is 9.18 Å². The fourth-order valence-corrected chi connectivity index (χ4v) is 2.61. The molecule has 0 radical (unpaired) electrons. The Morgan fingerprint density at radius 3 is 2.93 bits per heavy atom. The highest BCUT2D eigenvalue weighted by Gasteiger charge is 2.14. The molecular formula is C19H16FN7O2. The average Bonchev–Trinajstić information content (AvgIpc) is 3.33. The molecule has 0 saturated carbocycles. The summed E-state index contributed by atoms with van der Waals surface area (Å²) in [5, 5.41) is 14.0. The number of rotatable bonds is 6. The number of hydrogen-bond acceptors (Lipinski definition) is 6. The summed E-state index contributed by atoms with van der Waals surface area (Å²) in [6.45, 7) is 3.39. The average molecular weight is 393 g/mol. The van der Waals surface area contributed by atoms with Crippen molar-refractivity contribution >= 4 is 28.7 Å². The number of carbonyl (C=O) groups excluding carboxylic acids is 1. The minimum Gasteiger partial charge on any atom is -0.434 e. The maximum Gasteiger partial charge on any atom is 0.248 e. The molecule has 0 fully saturated rings. The Bertz CT molecular complexity index is 1210. The lowest BCUT2D eigenvalue weighted by Crippen LogP contribution is -2.08. The lowest BCUT2D eigenvalue weighted by atomic mass is 10.3. The van der Waals surface area contributed by atoms with Gasteiger partial charge in [-0.05, 0) is 30.3 Å². The number of anilines is 3. The predicted molar refractivity (Wildman–Crippen MR) is 105 cm³/mol. The molecule has 0 aliphatic rings. The van der Waals surface area contributed by atoms with Crippen LogP contribution in [0.1, 0.15) is 0 Å². The van der Waals surface area contributed by atoms with Gasteiger partial charge in [-0.15, -0.1) is 5.10 Å². The molecule has 146 valence electrons. The molecule has 9 nitrogen and oxygen atoms in total. The Morgan fingerprint density at radius 1 is 1.31 bits per heavy atom. The molecule has 1 aromatic carbocycles. The standard InChI is InChI=1S/C19H16FN7O2/c1-3-17(28)22-12-6-7-14(20)16(9-12)29-18-15-5-4-8-27(15)25-19(24-18)23-13-10-21-26(2)11-13/h3-11H,1H2,2H3,(H,22,28)(H,23,25). The second-order valence-corrected chi connectivity index (χ2v) is 6.05. The van der Waals surface area contributed by atoms with Gasteiger partial charge in [0, 0.05) is 31.2 Å². The predicted octanol–water partition coefficient (Wildman–Crippen LogP) is 3.26. The van der Waals surface area contributed by atoms with Gasteiger partial charge >= 0.3 is 0 Å². The van der Waals surface area contributed by atoms with E-state index in [-0.39, 0.29) is 17.6 Å². The number of nitrogens with one attached hydrogen (secondary N) is 2. The summed E-state index contributed by atoms with van der Waals surface area (Å²) in [5.74, 6) is -0.732. The summed E-state index contributed by atoms with van der Waals surface area (Å²) >= 11 is 0. The summed E-state index contributed by atoms with van der Waals surface area (Å²) in [5.41, 5.74) is 1.59. The van der Waals surface area contributed by atoms with Crippen molar-refractivity contribution in [2.75, 3.05) is 10.6 Å². The van der Waals surface area contributed by atoms with E-state index in [0.29, 0.717) is 16.9 Å². The Kier molecular flexibility index (Phi) is 4.65. The van der Waals surface area contributed by atoms with Crippen LogP contribution >= 0.6 is 0 Å². The van der Waals surface area contributed by atoms with Crippen LogP contribution in [0.5, 0.6) is 11.6 Å². The first-order valence-electron chi connectivity index (χ1n) is 8.54. The van der Waals surface area contributed by atoms with Gasteiger partial charge in [-0.2, -0.15) is 10.1 Å². The third kappa shape index (κ3) is 3.90. The summed E-state index contributed by atoms with van der Waals surface area (Å²) in [7, 11) is 1.79. The molecule has 1 amide bonds. The third-order valence-electron chi connectivity index (χ3n) is 3.91. The lowest BCUT2D eigenvalue weighted by Gasteiger charge is -2.11. The van der Waals surface area contributed by atoms with Crippen molar-refractivity contribution < 1.29 is 13.9 Å². The van der Waals surface area contributed by atoms with Crippen LogP contribution in [-0.2, 0) is 11.8 Å². The molecule has 4 aromatic rings. The van der Waals surface area contributed by atoms with Gasteiger partial charge in [0.05, 0.1) is 11.9 Å². The normalized spacial score (nSPS) is 10.7. The van der Waals surface area contributed by atoms with Crippen LogP contribution in [0.25, 0.3) is 5.52 Å². The van der Waals surface area contributed by atoms with E-state index in [0.717, 1.165) is 6.08 Å². The van der Waals surface area contributed by atoms with E-state index in [4.69, 9.17) is 4.74 Å². The van der Waals surface area contributed by atoms with Crippen molar-refractivity contribution in [1.29, 1.82) is 0 Å². The van der Waals surface area contributed by atoms with Crippen LogP contribution in [0.4, 0.5) is 21.7 Å². The van der Waals surface area contributed by atoms with Crippen molar-refractivity contribution in [3.8, 4) is 11.6 Å². The first-order valence-corrected chi connectivity index (χ1v) is 8.54. The van der Waals surface area contributed by atoms with E-state index < -0.39 is 11.7 Å². The first kappa shape index (κ1) is 18.2. The number of hydrogen-bond donors (Lipinski definition) is 2. The van der Waals surface area contributed by atoms with Crippen LogP contribution in [0.15, 0.2) is 61.6 Å². The molecule has 0 spiro atoms. The molecule has 10 heteroatoms. The van der Waals surface area contributed by atoms with Crippen molar-refractivity contribution in [2.45, 2.75) is 0 Å². The molecule has 0 unspecified atom stereocenters. The monoisotopic (exact) mass is 393 g/mol. The maximum atomic E-state index is 14.3. The highest BCUT2D eigenvalue weighted by atomic mass is 19.1. The van der Waals surface area contributed by atoms with Crippen molar-refractivity contribution in [1.82, 2.24) is 24.4 Å². The van der Waals surface area contributed by atoms with E-state index in [1.807, 2.05) is 0 Å². The zero-order valence-electron chi connectivity index (χ0n) is 15.3. The van der Waals surface area contributed by atoms with E-state index in [1.54, 1.807) is 47.0 Å². The van der Waals surface area contributed by atoms with E-state index >= 15 is 0 Å². The number of aromatic nitrogens is 5. The van der Waals surface area contributed by atoms with Crippen LogP contribution in [-0.4, -0.2) is 30.3 Å². The van der Waals surface area contributed by atoms with Gasteiger partial charge in [0.15, 0.2) is 11.6 Å². The number of aryl methyl sites for hydroxylation is 1. The Hall–Kier alpha value is -4.21. The quantitative estimate of drug-likeness (QED) is 0.488. The minimum absolute atomic E-state index is 0.0963. The van der Waals surface area contributed by atoms with Gasteiger partial charge in [0.2, 0.25) is 17.7 Å². The van der Waals surface area contributed by atoms with Crippen LogP contribution in [0.2, 0.25) is 0 Å². The zero-order chi connectivity index (χ0) is 20.4. The SMILES string of the molecule is C=CC(=O)Nc1ccc(F)c(Oc2nc(Nc3cnn(C)c3)nn3cccc23)c1. The van der Waals surface area contributed by atoms with Gasteiger partial charge in [-0.3, -0.25) is 9.48 Å².